The summed E-state index contributed by atoms with van der Waals surface area (Å²) in [6.45, 7) is 3.00. The summed E-state index contributed by atoms with van der Waals surface area (Å²) in [6.07, 6.45) is 1.52. The van der Waals surface area contributed by atoms with E-state index in [2.05, 4.69) is 5.32 Å². The van der Waals surface area contributed by atoms with Crippen molar-refractivity contribution in [3.05, 3.63) is 23.8 Å². The van der Waals surface area contributed by atoms with E-state index in [9.17, 15) is 9.59 Å². The Kier molecular flexibility index (Phi) is 4.39. The van der Waals surface area contributed by atoms with Crippen molar-refractivity contribution in [2.24, 2.45) is 0 Å². The average molecular weight is 263 g/mol. The Bertz CT molecular complexity index is 484. The lowest BCUT2D eigenvalue weighted by Crippen LogP contribution is -2.30. The van der Waals surface area contributed by atoms with Crippen molar-refractivity contribution in [3.8, 4) is 11.5 Å². The number of hydrogen-bond donors (Lipinski definition) is 1. The number of carbonyl (C=O) groups is 2. The third kappa shape index (κ3) is 3.71. The molecule has 0 fully saturated rings. The number of rotatable bonds is 4. The molecule has 0 spiro atoms. The molecule has 0 aromatic heterocycles. The maximum absolute atomic E-state index is 11.1. The Morgan fingerprint density at radius 2 is 1.95 bits per heavy atom. The lowest BCUT2D eigenvalue weighted by Gasteiger charge is -2.09. The van der Waals surface area contributed by atoms with Gasteiger partial charge in [-0.25, -0.2) is 0 Å². The monoisotopic (exact) mass is 263 g/mol. The summed E-state index contributed by atoms with van der Waals surface area (Å²) in [4.78, 5) is 21.9. The molecule has 1 aliphatic rings. The zero-order valence-electron chi connectivity index (χ0n) is 10.9. The summed E-state index contributed by atoms with van der Waals surface area (Å²) in [5.74, 6) is 0.481. The van der Waals surface area contributed by atoms with Gasteiger partial charge in [0.05, 0.1) is 13.2 Å². The molecule has 1 N–H and O–H groups in total. The summed E-state index contributed by atoms with van der Waals surface area (Å²) >= 11 is 0. The molecule has 2 rings (SSSR count). The van der Waals surface area contributed by atoms with Gasteiger partial charge in [0.15, 0.2) is 11.5 Å². The van der Waals surface area contributed by atoms with Crippen LogP contribution in [-0.2, 0) is 16.0 Å². The predicted molar refractivity (Wildman–Crippen MR) is 69.4 cm³/mol. The highest BCUT2D eigenvalue weighted by Gasteiger charge is 2.11. The van der Waals surface area contributed by atoms with E-state index in [0.717, 1.165) is 23.5 Å². The maximum Gasteiger partial charge on any atom is 0.287 e. The summed E-state index contributed by atoms with van der Waals surface area (Å²) < 4.78 is 11.1. The number of ketones is 1. The molecule has 1 aromatic carbocycles. The van der Waals surface area contributed by atoms with Crippen LogP contribution in [0.1, 0.15) is 18.9 Å². The van der Waals surface area contributed by atoms with E-state index in [-0.39, 0.29) is 0 Å². The van der Waals surface area contributed by atoms with Crippen LogP contribution in [0.4, 0.5) is 0 Å². The first-order chi connectivity index (χ1) is 9.16. The quantitative estimate of drug-likeness (QED) is 0.826. The van der Waals surface area contributed by atoms with E-state index >= 15 is 0 Å². The first-order valence-electron chi connectivity index (χ1n) is 6.34. The number of hydrogen-bond acceptors (Lipinski definition) is 4. The molecule has 19 heavy (non-hydrogen) atoms. The van der Waals surface area contributed by atoms with Gasteiger partial charge < -0.3 is 14.8 Å². The molecule has 0 unspecified atom stereocenters. The van der Waals surface area contributed by atoms with E-state index in [1.165, 1.54) is 6.92 Å². The third-order valence-electron chi connectivity index (χ3n) is 2.83. The number of amides is 1. The van der Waals surface area contributed by atoms with Crippen molar-refractivity contribution in [2.45, 2.75) is 19.8 Å². The molecule has 0 radical (unpaired) electrons. The molecule has 1 aromatic rings. The Balaban J connectivity index is 1.93. The Morgan fingerprint density at radius 1 is 1.21 bits per heavy atom. The second-order valence-electron chi connectivity index (χ2n) is 4.39. The molecule has 5 heteroatoms. The van der Waals surface area contributed by atoms with Crippen LogP contribution in [0.5, 0.6) is 11.5 Å². The number of carbonyl (C=O) groups excluding carboxylic acids is 2. The summed E-state index contributed by atoms with van der Waals surface area (Å²) in [5.41, 5.74) is 1.04. The zero-order valence-corrected chi connectivity index (χ0v) is 10.9. The van der Waals surface area contributed by atoms with Gasteiger partial charge in [0.1, 0.15) is 0 Å². The predicted octanol–water partition coefficient (Wildman–Crippen LogP) is 1.10. The molecule has 102 valence electrons. The van der Waals surface area contributed by atoms with Crippen molar-refractivity contribution < 1.29 is 19.1 Å². The fraction of sp³-hybridized carbons (Fsp3) is 0.429. The molecule has 1 heterocycles. The van der Waals surface area contributed by atoms with Crippen molar-refractivity contribution in [1.29, 1.82) is 0 Å². The van der Waals surface area contributed by atoms with Crippen LogP contribution < -0.4 is 14.8 Å². The van der Waals surface area contributed by atoms with Gasteiger partial charge in [-0.15, -0.1) is 0 Å². The second kappa shape index (κ2) is 6.22. The Hall–Kier alpha value is -2.04. The Labute approximate surface area is 111 Å². The highest BCUT2D eigenvalue weighted by molar-refractivity contribution is 6.35. The average Bonchev–Trinajstić information content (AvgIpc) is 2.63. The molecule has 0 atom stereocenters. The summed E-state index contributed by atoms with van der Waals surface area (Å²) in [6, 6.07) is 5.73. The van der Waals surface area contributed by atoms with E-state index < -0.39 is 11.7 Å². The van der Waals surface area contributed by atoms with Gasteiger partial charge in [0.2, 0.25) is 5.78 Å². The first kappa shape index (κ1) is 13.4. The van der Waals surface area contributed by atoms with Gasteiger partial charge in [-0.1, -0.05) is 6.07 Å². The van der Waals surface area contributed by atoms with E-state index in [1.807, 2.05) is 18.2 Å². The third-order valence-corrected chi connectivity index (χ3v) is 2.83. The van der Waals surface area contributed by atoms with Gasteiger partial charge in [-0.3, -0.25) is 9.59 Å². The minimum atomic E-state index is -0.547. The van der Waals surface area contributed by atoms with Crippen LogP contribution in [0, 0.1) is 0 Å². The largest absolute Gasteiger partial charge is 0.490 e. The minimum absolute atomic E-state index is 0.429. The van der Waals surface area contributed by atoms with Crippen LogP contribution in [0.2, 0.25) is 0 Å². The molecular formula is C14H17NO4. The second-order valence-corrected chi connectivity index (χ2v) is 4.39. The SMILES string of the molecule is CC(=O)C(=O)NCCc1ccc2c(c1)OCCCO2. The number of benzene rings is 1. The fourth-order valence-electron chi connectivity index (χ4n) is 1.81. The normalized spacial score (nSPS) is 13.5. The minimum Gasteiger partial charge on any atom is -0.490 e. The highest BCUT2D eigenvalue weighted by Crippen LogP contribution is 2.30. The summed E-state index contributed by atoms with van der Waals surface area (Å²) in [5, 5.41) is 2.56. The molecule has 0 aliphatic carbocycles. The van der Waals surface area contributed by atoms with Gasteiger partial charge in [-0.2, -0.15) is 0 Å². The zero-order chi connectivity index (χ0) is 13.7. The maximum atomic E-state index is 11.1. The van der Waals surface area contributed by atoms with Gasteiger partial charge >= 0.3 is 0 Å². The molecular weight excluding hydrogens is 246 g/mol. The van der Waals surface area contributed by atoms with E-state index in [4.69, 9.17) is 9.47 Å². The molecule has 1 aliphatic heterocycles. The Morgan fingerprint density at radius 3 is 2.68 bits per heavy atom. The molecule has 0 saturated heterocycles. The van der Waals surface area contributed by atoms with Gasteiger partial charge in [0, 0.05) is 19.9 Å². The summed E-state index contributed by atoms with van der Waals surface area (Å²) in [7, 11) is 0. The van der Waals surface area contributed by atoms with Gasteiger partial charge in [-0.05, 0) is 24.1 Å². The van der Waals surface area contributed by atoms with Crippen LogP contribution in [0.15, 0.2) is 18.2 Å². The topological polar surface area (TPSA) is 64.6 Å². The van der Waals surface area contributed by atoms with E-state index in [0.29, 0.717) is 26.2 Å². The van der Waals surface area contributed by atoms with Crippen molar-refractivity contribution in [2.75, 3.05) is 19.8 Å². The number of fused-ring (bicyclic) bond motifs is 1. The van der Waals surface area contributed by atoms with Crippen molar-refractivity contribution in [1.82, 2.24) is 5.32 Å². The number of ether oxygens (including phenoxy) is 2. The number of Topliss-reactive ketones (excluding diaryl/α,β-unsaturated/α-hetero) is 1. The number of nitrogens with one attached hydrogen (secondary N) is 1. The molecule has 1 amide bonds. The van der Waals surface area contributed by atoms with Crippen LogP contribution >= 0.6 is 0 Å². The fourth-order valence-corrected chi connectivity index (χ4v) is 1.81. The highest BCUT2D eigenvalue weighted by atomic mass is 16.5. The molecule has 0 saturated carbocycles. The smallest absolute Gasteiger partial charge is 0.287 e. The lowest BCUT2D eigenvalue weighted by atomic mass is 10.1. The van der Waals surface area contributed by atoms with Crippen LogP contribution in [0.25, 0.3) is 0 Å². The van der Waals surface area contributed by atoms with Crippen LogP contribution in [-0.4, -0.2) is 31.4 Å². The van der Waals surface area contributed by atoms with E-state index in [1.54, 1.807) is 0 Å². The molecule has 0 bridgehead atoms. The lowest BCUT2D eigenvalue weighted by molar-refractivity contribution is -0.136. The first-order valence-corrected chi connectivity index (χ1v) is 6.34. The van der Waals surface area contributed by atoms with Gasteiger partial charge in [0.25, 0.3) is 5.91 Å². The van der Waals surface area contributed by atoms with Crippen LogP contribution in [0.3, 0.4) is 0 Å². The van der Waals surface area contributed by atoms with Crippen molar-refractivity contribution in [3.63, 3.8) is 0 Å². The standard InChI is InChI=1S/C14H17NO4/c1-10(16)14(17)15-6-5-11-3-4-12-13(9-11)19-8-2-7-18-12/h3-4,9H,2,5-8H2,1H3,(H,15,17). The van der Waals surface area contributed by atoms with Crippen molar-refractivity contribution >= 4 is 11.7 Å². The molecule has 5 nitrogen and oxygen atoms in total.